The normalized spacial score (nSPS) is 17.7. The maximum absolute atomic E-state index is 13.7. The first-order chi connectivity index (χ1) is 18.1. The first-order valence-corrected chi connectivity index (χ1v) is 14.4. The van der Waals surface area contributed by atoms with Crippen molar-refractivity contribution in [1.29, 1.82) is 0 Å². The number of alkyl halides is 4. The zero-order chi connectivity index (χ0) is 28.0. The van der Waals surface area contributed by atoms with Crippen molar-refractivity contribution in [3.05, 3.63) is 65.2 Å². The van der Waals surface area contributed by atoms with Crippen LogP contribution in [0.1, 0.15) is 47.2 Å². The molecular formula is C27H32F3IN2O5. The van der Waals surface area contributed by atoms with Crippen LogP contribution in [0.4, 0.5) is 13.2 Å². The molecule has 0 spiro atoms. The first-order valence-electron chi connectivity index (χ1n) is 12.2. The average molecular weight is 648 g/mol. The molecule has 2 aliphatic rings. The fourth-order valence-corrected chi connectivity index (χ4v) is 4.70. The second-order valence-corrected chi connectivity index (χ2v) is 9.33. The van der Waals surface area contributed by atoms with Gasteiger partial charge in [-0.25, -0.2) is 4.79 Å². The van der Waals surface area contributed by atoms with E-state index in [1.165, 1.54) is 30.3 Å². The quantitative estimate of drug-likeness (QED) is 0.290. The molecule has 0 atom stereocenters. The number of ether oxygens (including phenoxy) is 2. The molecule has 4 rings (SSSR count). The monoisotopic (exact) mass is 648 g/mol. The minimum atomic E-state index is -4.52. The van der Waals surface area contributed by atoms with Crippen LogP contribution in [0, 0.1) is 0 Å². The lowest BCUT2D eigenvalue weighted by molar-refractivity contribution is -0.141. The summed E-state index contributed by atoms with van der Waals surface area (Å²) < 4.78 is 50.8. The molecule has 2 fully saturated rings. The molecule has 2 N–H and O–H groups in total. The van der Waals surface area contributed by atoms with E-state index in [4.69, 9.17) is 14.6 Å². The van der Waals surface area contributed by atoms with Gasteiger partial charge in [0.2, 0.25) is 5.91 Å². The number of likely N-dealkylation sites (N-methyl/N-ethyl adjacent to an activating group) is 1. The maximum Gasteiger partial charge on any atom is 0.419 e. The second kappa shape index (κ2) is 12.6. The number of carbonyl (C=O) groups is 2. The SMILES string of the molecule is CI.CN(CCOc1ccccc1C(F)(F)F)C1(C(=O)NC2(c3ccc(C(=O)O)cc3)CC2)CCOCC1. The Morgan fingerprint density at radius 3 is 2.21 bits per heavy atom. The Kier molecular flexibility index (Phi) is 10.0. The standard InChI is InChI=1S/C26H29F3N2O5.CH3I/c1-31(14-17-36-21-5-3-2-4-20(21)26(27,28)29)25(12-15-35-16-13-25)23(34)30-24(10-11-24)19-8-6-18(7-9-19)22(32)33;1-2/h2-9H,10-17H2,1H3,(H,30,34)(H,32,33);1H3. The summed E-state index contributed by atoms with van der Waals surface area (Å²) >= 11 is 2.15. The predicted octanol–water partition coefficient (Wildman–Crippen LogP) is 5.12. The van der Waals surface area contributed by atoms with Crippen LogP contribution in [0.25, 0.3) is 0 Å². The Morgan fingerprint density at radius 2 is 1.66 bits per heavy atom. The molecule has 2 aromatic carbocycles. The number of rotatable bonds is 9. The van der Waals surface area contributed by atoms with Crippen molar-refractivity contribution in [3.8, 4) is 5.75 Å². The number of carboxylic acids is 1. The van der Waals surface area contributed by atoms with Crippen molar-refractivity contribution >= 4 is 34.5 Å². The molecule has 1 heterocycles. The summed E-state index contributed by atoms with van der Waals surface area (Å²) in [4.78, 5) is 28.7. The Balaban J connectivity index is 0.00000195. The number of carboxylic acid groups (broad SMARTS) is 1. The van der Waals surface area contributed by atoms with Gasteiger partial charge in [-0.2, -0.15) is 13.2 Å². The van der Waals surface area contributed by atoms with Crippen LogP contribution in [0.5, 0.6) is 5.75 Å². The summed E-state index contributed by atoms with van der Waals surface area (Å²) in [6.45, 7) is 0.979. The molecule has 7 nitrogen and oxygen atoms in total. The first kappa shape index (κ1) is 30.2. The van der Waals surface area contributed by atoms with E-state index >= 15 is 0 Å². The van der Waals surface area contributed by atoms with Gasteiger partial charge >= 0.3 is 12.1 Å². The molecular weight excluding hydrogens is 616 g/mol. The van der Waals surface area contributed by atoms with Crippen LogP contribution >= 0.6 is 22.6 Å². The fraction of sp³-hybridized carbons (Fsp3) is 0.481. The van der Waals surface area contributed by atoms with Gasteiger partial charge in [0.1, 0.15) is 17.9 Å². The molecule has 0 aromatic heterocycles. The second-order valence-electron chi connectivity index (χ2n) is 9.33. The summed E-state index contributed by atoms with van der Waals surface area (Å²) in [5.74, 6) is -1.44. The van der Waals surface area contributed by atoms with Crippen LogP contribution in [-0.2, 0) is 21.2 Å². The molecule has 1 aliphatic heterocycles. The van der Waals surface area contributed by atoms with Gasteiger partial charge in [-0.3, -0.25) is 9.69 Å². The third kappa shape index (κ3) is 6.78. The third-order valence-electron chi connectivity index (χ3n) is 7.14. The minimum Gasteiger partial charge on any atom is -0.492 e. The third-order valence-corrected chi connectivity index (χ3v) is 7.14. The number of carbonyl (C=O) groups excluding carboxylic acids is 1. The molecule has 1 aliphatic carbocycles. The largest absolute Gasteiger partial charge is 0.492 e. The van der Waals surface area contributed by atoms with Gasteiger partial charge in [-0.15, -0.1) is 0 Å². The average Bonchev–Trinajstić information content (AvgIpc) is 3.70. The highest BCUT2D eigenvalue weighted by Gasteiger charge is 2.51. The fourth-order valence-electron chi connectivity index (χ4n) is 4.70. The van der Waals surface area contributed by atoms with Gasteiger partial charge in [0.15, 0.2) is 0 Å². The van der Waals surface area contributed by atoms with Crippen LogP contribution in [0.15, 0.2) is 48.5 Å². The van der Waals surface area contributed by atoms with Crippen molar-refractivity contribution in [2.24, 2.45) is 0 Å². The molecule has 38 heavy (non-hydrogen) atoms. The summed E-state index contributed by atoms with van der Waals surface area (Å²) in [5, 5.41) is 12.3. The Morgan fingerprint density at radius 1 is 1.05 bits per heavy atom. The summed E-state index contributed by atoms with van der Waals surface area (Å²) in [7, 11) is 1.77. The number of nitrogens with one attached hydrogen (secondary N) is 1. The van der Waals surface area contributed by atoms with E-state index < -0.39 is 28.8 Å². The number of benzene rings is 2. The Labute approximate surface area is 233 Å². The number of amides is 1. The van der Waals surface area contributed by atoms with Gasteiger partial charge in [0, 0.05) is 19.8 Å². The van der Waals surface area contributed by atoms with E-state index in [0.29, 0.717) is 26.1 Å². The van der Waals surface area contributed by atoms with Crippen LogP contribution < -0.4 is 10.1 Å². The van der Waals surface area contributed by atoms with Crippen molar-refractivity contribution in [2.45, 2.75) is 42.9 Å². The minimum absolute atomic E-state index is 0.0265. The van der Waals surface area contributed by atoms with E-state index in [0.717, 1.165) is 24.5 Å². The van der Waals surface area contributed by atoms with Crippen molar-refractivity contribution in [3.63, 3.8) is 0 Å². The molecule has 11 heteroatoms. The lowest BCUT2D eigenvalue weighted by Crippen LogP contribution is -2.62. The van der Waals surface area contributed by atoms with Gasteiger partial charge in [-0.1, -0.05) is 46.9 Å². The van der Waals surface area contributed by atoms with Gasteiger partial charge in [0.05, 0.1) is 16.7 Å². The Hall–Kier alpha value is -2.38. The van der Waals surface area contributed by atoms with E-state index in [9.17, 15) is 22.8 Å². The number of para-hydroxylation sites is 1. The number of hydrogen-bond acceptors (Lipinski definition) is 5. The zero-order valence-electron chi connectivity index (χ0n) is 21.3. The topological polar surface area (TPSA) is 88.1 Å². The van der Waals surface area contributed by atoms with Crippen LogP contribution in [-0.4, -0.2) is 65.8 Å². The van der Waals surface area contributed by atoms with Gasteiger partial charge < -0.3 is 19.9 Å². The van der Waals surface area contributed by atoms with Gasteiger partial charge in [-0.05, 0) is 67.5 Å². The van der Waals surface area contributed by atoms with Crippen molar-refractivity contribution in [1.82, 2.24) is 10.2 Å². The van der Waals surface area contributed by atoms with Crippen molar-refractivity contribution < 1.29 is 37.3 Å². The highest BCUT2D eigenvalue weighted by molar-refractivity contribution is 14.1. The molecule has 0 unspecified atom stereocenters. The number of hydrogen-bond donors (Lipinski definition) is 2. The molecule has 0 bridgehead atoms. The highest BCUT2D eigenvalue weighted by Crippen LogP contribution is 2.46. The lowest BCUT2D eigenvalue weighted by Gasteiger charge is -2.43. The highest BCUT2D eigenvalue weighted by atomic mass is 127. The smallest absolute Gasteiger partial charge is 0.419 e. The molecule has 2 aromatic rings. The summed E-state index contributed by atoms with van der Waals surface area (Å²) in [6, 6.07) is 11.6. The van der Waals surface area contributed by atoms with Crippen LogP contribution in [0.2, 0.25) is 0 Å². The maximum atomic E-state index is 13.7. The van der Waals surface area contributed by atoms with E-state index in [1.807, 2.05) is 9.83 Å². The summed E-state index contributed by atoms with van der Waals surface area (Å²) in [6.07, 6.45) is -2.19. The zero-order valence-corrected chi connectivity index (χ0v) is 23.5. The molecule has 0 radical (unpaired) electrons. The van der Waals surface area contributed by atoms with Gasteiger partial charge in [0.25, 0.3) is 0 Å². The number of halogens is 4. The Bertz CT molecular complexity index is 1100. The molecule has 208 valence electrons. The van der Waals surface area contributed by atoms with E-state index in [2.05, 4.69) is 27.9 Å². The number of nitrogens with zero attached hydrogens (tertiary/aromatic N) is 1. The predicted molar refractivity (Wildman–Crippen MR) is 145 cm³/mol. The molecule has 1 saturated carbocycles. The summed E-state index contributed by atoms with van der Waals surface area (Å²) in [5.41, 5.74) is -1.27. The molecule has 1 saturated heterocycles. The lowest BCUT2D eigenvalue weighted by atomic mass is 9.86. The molecule has 1 amide bonds. The van der Waals surface area contributed by atoms with E-state index in [-0.39, 0.29) is 30.4 Å². The van der Waals surface area contributed by atoms with E-state index in [1.54, 1.807) is 19.2 Å². The van der Waals surface area contributed by atoms with Crippen LogP contribution in [0.3, 0.4) is 0 Å². The number of aromatic carboxylic acids is 1. The van der Waals surface area contributed by atoms with Crippen molar-refractivity contribution in [2.75, 3.05) is 38.3 Å².